The lowest BCUT2D eigenvalue weighted by molar-refractivity contribution is -0.141. The fourth-order valence-electron chi connectivity index (χ4n) is 1.68. The predicted octanol–water partition coefficient (Wildman–Crippen LogP) is 2.17. The van der Waals surface area contributed by atoms with Crippen molar-refractivity contribution in [3.63, 3.8) is 0 Å². The fourth-order valence-corrected chi connectivity index (χ4v) is 1.68. The quantitative estimate of drug-likeness (QED) is 0.631. The number of aliphatic imine (C=N–C) groups is 1. The minimum atomic E-state index is -0.400. The second-order valence-electron chi connectivity index (χ2n) is 4.03. The molecule has 0 unspecified atom stereocenters. The Balaban J connectivity index is 3.01. The summed E-state index contributed by atoms with van der Waals surface area (Å²) in [5, 5.41) is 19.5. The molecule has 5 heteroatoms. The van der Waals surface area contributed by atoms with Gasteiger partial charge < -0.3 is 14.9 Å². The zero-order chi connectivity index (χ0) is 14.4. The van der Waals surface area contributed by atoms with E-state index in [1.54, 1.807) is 19.9 Å². The maximum atomic E-state index is 11.3. The van der Waals surface area contributed by atoms with Gasteiger partial charge in [0, 0.05) is 16.8 Å². The van der Waals surface area contributed by atoms with Gasteiger partial charge in [0.1, 0.15) is 18.0 Å². The van der Waals surface area contributed by atoms with Gasteiger partial charge in [0.25, 0.3) is 0 Å². The lowest BCUT2D eigenvalue weighted by Gasteiger charge is -2.10. The first-order valence-corrected chi connectivity index (χ1v) is 6.22. The van der Waals surface area contributed by atoms with Crippen LogP contribution in [0.5, 0.6) is 11.5 Å². The minimum Gasteiger partial charge on any atom is -0.508 e. The van der Waals surface area contributed by atoms with E-state index < -0.39 is 5.97 Å². The van der Waals surface area contributed by atoms with Crippen LogP contribution >= 0.6 is 0 Å². The fraction of sp³-hybridized carbons (Fsp3) is 0.429. The van der Waals surface area contributed by atoms with E-state index in [1.165, 1.54) is 6.07 Å². The zero-order valence-electron chi connectivity index (χ0n) is 11.4. The molecule has 0 bridgehead atoms. The normalized spacial score (nSPS) is 11.4. The molecule has 0 aliphatic rings. The molecular weight excluding hydrogens is 246 g/mol. The molecule has 0 amide bonds. The van der Waals surface area contributed by atoms with Gasteiger partial charge in [-0.3, -0.25) is 9.79 Å². The van der Waals surface area contributed by atoms with Crippen LogP contribution < -0.4 is 0 Å². The maximum Gasteiger partial charge on any atom is 0.327 e. The summed E-state index contributed by atoms with van der Waals surface area (Å²) in [6.45, 7) is 5.48. The lowest BCUT2D eigenvalue weighted by atomic mass is 10.0. The molecule has 0 saturated heterocycles. The van der Waals surface area contributed by atoms with Crippen LogP contribution in [0.3, 0.4) is 0 Å². The third-order valence-electron chi connectivity index (χ3n) is 2.75. The highest BCUT2D eigenvalue weighted by atomic mass is 16.5. The highest BCUT2D eigenvalue weighted by molar-refractivity contribution is 6.03. The average molecular weight is 265 g/mol. The molecule has 2 N–H and O–H groups in total. The van der Waals surface area contributed by atoms with Crippen LogP contribution in [-0.4, -0.2) is 35.0 Å². The van der Waals surface area contributed by atoms with E-state index in [2.05, 4.69) is 4.99 Å². The number of phenols is 2. The van der Waals surface area contributed by atoms with E-state index in [-0.39, 0.29) is 18.0 Å². The SMILES string of the molecule is CCOC(=O)CN=C(CC)c1ccc(O)c(C)c1O. The molecule has 0 atom stereocenters. The van der Waals surface area contributed by atoms with Gasteiger partial charge in [-0.05, 0) is 32.4 Å². The van der Waals surface area contributed by atoms with E-state index in [1.807, 2.05) is 6.92 Å². The number of rotatable bonds is 5. The number of benzene rings is 1. The molecule has 0 radical (unpaired) electrons. The number of carbonyl (C=O) groups is 1. The number of hydrogen-bond donors (Lipinski definition) is 2. The first-order chi connectivity index (χ1) is 9.01. The molecule has 1 rings (SSSR count). The van der Waals surface area contributed by atoms with Gasteiger partial charge in [0.2, 0.25) is 0 Å². The van der Waals surface area contributed by atoms with Crippen molar-refractivity contribution in [3.8, 4) is 11.5 Å². The van der Waals surface area contributed by atoms with Gasteiger partial charge in [-0.15, -0.1) is 0 Å². The lowest BCUT2D eigenvalue weighted by Crippen LogP contribution is -2.10. The average Bonchev–Trinajstić information content (AvgIpc) is 2.39. The standard InChI is InChI=1S/C14H19NO4/c1-4-11(15-8-13(17)19-5-2)10-6-7-12(16)9(3)14(10)18/h6-7,16,18H,4-5,8H2,1-3H3. The molecule has 0 aliphatic carbocycles. The van der Waals surface area contributed by atoms with Crippen LogP contribution in [0.2, 0.25) is 0 Å². The molecular formula is C14H19NO4. The number of phenolic OH excluding ortho intramolecular Hbond substituents is 2. The molecule has 1 aromatic carbocycles. The largest absolute Gasteiger partial charge is 0.508 e. The molecule has 0 spiro atoms. The Bertz CT molecular complexity index is 494. The summed E-state index contributed by atoms with van der Waals surface area (Å²) in [5.74, 6) is -0.380. The van der Waals surface area contributed by atoms with Crippen molar-refractivity contribution >= 4 is 11.7 Å². The van der Waals surface area contributed by atoms with E-state index in [9.17, 15) is 15.0 Å². The van der Waals surface area contributed by atoms with Crippen LogP contribution in [0.15, 0.2) is 17.1 Å². The Kier molecular flexibility index (Phi) is 5.36. The second kappa shape index (κ2) is 6.78. The Morgan fingerprint density at radius 1 is 1.32 bits per heavy atom. The molecule has 0 heterocycles. The summed E-state index contributed by atoms with van der Waals surface area (Å²) >= 11 is 0. The summed E-state index contributed by atoms with van der Waals surface area (Å²) in [4.78, 5) is 15.4. The van der Waals surface area contributed by atoms with Gasteiger partial charge in [-0.2, -0.15) is 0 Å². The summed E-state index contributed by atoms with van der Waals surface area (Å²) in [5.41, 5.74) is 1.53. The number of ether oxygens (including phenoxy) is 1. The van der Waals surface area contributed by atoms with E-state index in [0.717, 1.165) is 0 Å². The zero-order valence-corrected chi connectivity index (χ0v) is 11.4. The van der Waals surface area contributed by atoms with E-state index in [4.69, 9.17) is 4.74 Å². The van der Waals surface area contributed by atoms with E-state index in [0.29, 0.717) is 29.9 Å². The molecule has 104 valence electrons. The molecule has 5 nitrogen and oxygen atoms in total. The van der Waals surface area contributed by atoms with Crippen LogP contribution in [-0.2, 0) is 9.53 Å². The molecule has 0 aromatic heterocycles. The highest BCUT2D eigenvalue weighted by Crippen LogP contribution is 2.30. The Labute approximate surface area is 112 Å². The van der Waals surface area contributed by atoms with E-state index >= 15 is 0 Å². The van der Waals surface area contributed by atoms with Gasteiger partial charge in [0.15, 0.2) is 0 Å². The van der Waals surface area contributed by atoms with Crippen molar-refractivity contribution < 1.29 is 19.7 Å². The summed E-state index contributed by atoms with van der Waals surface area (Å²) < 4.78 is 4.80. The molecule has 0 saturated carbocycles. The third kappa shape index (κ3) is 3.71. The maximum absolute atomic E-state index is 11.3. The highest BCUT2D eigenvalue weighted by Gasteiger charge is 2.12. The summed E-state index contributed by atoms with van der Waals surface area (Å²) in [6, 6.07) is 3.09. The minimum absolute atomic E-state index is 0.00976. The van der Waals surface area contributed by atoms with Gasteiger partial charge >= 0.3 is 5.97 Å². The number of esters is 1. The van der Waals surface area contributed by atoms with Crippen molar-refractivity contribution in [2.24, 2.45) is 4.99 Å². The number of nitrogens with zero attached hydrogens (tertiary/aromatic N) is 1. The van der Waals surface area contributed by atoms with Crippen LogP contribution in [0, 0.1) is 6.92 Å². The smallest absolute Gasteiger partial charge is 0.327 e. The Morgan fingerprint density at radius 2 is 2.00 bits per heavy atom. The number of aromatic hydroxyl groups is 2. The first-order valence-electron chi connectivity index (χ1n) is 6.22. The second-order valence-corrected chi connectivity index (χ2v) is 4.03. The summed E-state index contributed by atoms with van der Waals surface area (Å²) in [6.07, 6.45) is 0.567. The van der Waals surface area contributed by atoms with Crippen LogP contribution in [0.1, 0.15) is 31.4 Å². The van der Waals surface area contributed by atoms with Crippen LogP contribution in [0.4, 0.5) is 0 Å². The topological polar surface area (TPSA) is 79.1 Å². The van der Waals surface area contributed by atoms with Crippen molar-refractivity contribution in [2.75, 3.05) is 13.2 Å². The van der Waals surface area contributed by atoms with Gasteiger partial charge in [-0.25, -0.2) is 0 Å². The first kappa shape index (κ1) is 15.0. The summed E-state index contributed by atoms with van der Waals surface area (Å²) in [7, 11) is 0. The van der Waals surface area contributed by atoms with Crippen molar-refractivity contribution in [1.29, 1.82) is 0 Å². The molecule has 0 fully saturated rings. The van der Waals surface area contributed by atoms with Crippen molar-refractivity contribution in [1.82, 2.24) is 0 Å². The predicted molar refractivity (Wildman–Crippen MR) is 72.8 cm³/mol. The number of hydrogen-bond acceptors (Lipinski definition) is 5. The molecule has 0 aliphatic heterocycles. The van der Waals surface area contributed by atoms with Crippen LogP contribution in [0.25, 0.3) is 0 Å². The number of carbonyl (C=O) groups excluding carboxylic acids is 1. The van der Waals surface area contributed by atoms with Gasteiger partial charge in [0.05, 0.1) is 6.61 Å². The van der Waals surface area contributed by atoms with Crippen molar-refractivity contribution in [3.05, 3.63) is 23.3 Å². The Morgan fingerprint density at radius 3 is 2.58 bits per heavy atom. The van der Waals surface area contributed by atoms with Crippen molar-refractivity contribution in [2.45, 2.75) is 27.2 Å². The third-order valence-corrected chi connectivity index (χ3v) is 2.75. The Hall–Kier alpha value is -2.04. The molecule has 1 aromatic rings. The molecule has 19 heavy (non-hydrogen) atoms. The van der Waals surface area contributed by atoms with Gasteiger partial charge in [-0.1, -0.05) is 6.92 Å². The monoisotopic (exact) mass is 265 g/mol.